The molecule has 3 aromatic rings. The molecule has 0 aliphatic rings. The second kappa shape index (κ2) is 6.62. The first-order valence-electron chi connectivity index (χ1n) is 7.24. The maximum Gasteiger partial charge on any atom is 0.162 e. The molecule has 23 heavy (non-hydrogen) atoms. The van der Waals surface area contributed by atoms with E-state index in [1.165, 1.54) is 0 Å². The molecule has 0 aliphatic heterocycles. The lowest BCUT2D eigenvalue weighted by Crippen LogP contribution is -2.05. The highest BCUT2D eigenvalue weighted by molar-refractivity contribution is 5.86. The number of rotatable bonds is 6. The predicted molar refractivity (Wildman–Crippen MR) is 84.8 cm³/mol. The minimum atomic E-state index is 0.0333. The van der Waals surface area contributed by atoms with Gasteiger partial charge in [-0.3, -0.25) is 14.6 Å². The van der Waals surface area contributed by atoms with Gasteiger partial charge in [-0.2, -0.15) is 5.10 Å². The van der Waals surface area contributed by atoms with Crippen LogP contribution in [0, 0.1) is 0 Å². The fourth-order valence-electron chi connectivity index (χ4n) is 2.54. The molecule has 0 atom stereocenters. The maximum absolute atomic E-state index is 9.28. The molecule has 1 N–H and O–H groups in total. The van der Waals surface area contributed by atoms with Crippen molar-refractivity contribution < 1.29 is 14.6 Å². The summed E-state index contributed by atoms with van der Waals surface area (Å²) >= 11 is 0. The molecule has 0 fully saturated rings. The molecule has 3 rings (SSSR count). The molecule has 0 saturated carbocycles. The van der Waals surface area contributed by atoms with E-state index in [2.05, 4.69) is 15.1 Å². The van der Waals surface area contributed by atoms with Gasteiger partial charge in [0.1, 0.15) is 0 Å². The van der Waals surface area contributed by atoms with Crippen LogP contribution in [0.3, 0.4) is 0 Å². The van der Waals surface area contributed by atoms with Crippen molar-refractivity contribution in [2.75, 3.05) is 20.8 Å². The summed E-state index contributed by atoms with van der Waals surface area (Å²) < 4.78 is 12.6. The van der Waals surface area contributed by atoms with E-state index in [0.717, 1.165) is 22.3 Å². The first-order chi connectivity index (χ1) is 11.3. The lowest BCUT2D eigenvalue weighted by atomic mass is 10.1. The topological polar surface area (TPSA) is 82.3 Å². The zero-order valence-electron chi connectivity index (χ0n) is 13.1. The summed E-state index contributed by atoms with van der Waals surface area (Å²) in [6.07, 6.45) is 5.47. The molecule has 120 valence electrons. The van der Waals surface area contributed by atoms with Gasteiger partial charge in [-0.25, -0.2) is 0 Å². The Labute approximate surface area is 133 Å². The van der Waals surface area contributed by atoms with Crippen LogP contribution in [0.1, 0.15) is 11.4 Å². The highest BCUT2D eigenvalue weighted by Crippen LogP contribution is 2.34. The fourth-order valence-corrected chi connectivity index (χ4v) is 2.54. The second-order valence-corrected chi connectivity index (χ2v) is 5.00. The number of aromatic nitrogens is 4. The molecule has 0 unspecified atom stereocenters. The number of benzene rings is 1. The van der Waals surface area contributed by atoms with Gasteiger partial charge in [0.15, 0.2) is 11.5 Å². The highest BCUT2D eigenvalue weighted by Gasteiger charge is 2.15. The van der Waals surface area contributed by atoms with Gasteiger partial charge < -0.3 is 14.6 Å². The number of hydrogen-bond acceptors (Lipinski definition) is 6. The van der Waals surface area contributed by atoms with E-state index >= 15 is 0 Å². The van der Waals surface area contributed by atoms with E-state index in [1.807, 2.05) is 16.8 Å². The van der Waals surface area contributed by atoms with Crippen LogP contribution in [0.5, 0.6) is 11.5 Å². The first-order valence-corrected chi connectivity index (χ1v) is 7.24. The van der Waals surface area contributed by atoms with Crippen LogP contribution in [0.25, 0.3) is 10.9 Å². The summed E-state index contributed by atoms with van der Waals surface area (Å²) in [6, 6.07) is 3.78. The average molecular weight is 314 g/mol. The van der Waals surface area contributed by atoms with E-state index in [0.29, 0.717) is 24.5 Å². The van der Waals surface area contributed by atoms with Crippen molar-refractivity contribution in [3.05, 3.63) is 42.1 Å². The van der Waals surface area contributed by atoms with Gasteiger partial charge in [0.05, 0.1) is 43.9 Å². The summed E-state index contributed by atoms with van der Waals surface area (Å²) in [7, 11) is 3.20. The molecule has 0 amide bonds. The number of methoxy groups -OCH3 is 2. The SMILES string of the molecule is COc1cc2c(CCO)nn(Cc3cnccn3)c2cc1OC. The average Bonchev–Trinajstić information content (AvgIpc) is 2.91. The zero-order chi connectivity index (χ0) is 16.2. The van der Waals surface area contributed by atoms with Crippen molar-refractivity contribution in [2.45, 2.75) is 13.0 Å². The molecule has 7 nitrogen and oxygen atoms in total. The van der Waals surface area contributed by atoms with Crippen LogP contribution in [0.2, 0.25) is 0 Å². The number of nitrogens with zero attached hydrogens (tertiary/aromatic N) is 4. The van der Waals surface area contributed by atoms with Crippen LogP contribution in [-0.2, 0) is 13.0 Å². The van der Waals surface area contributed by atoms with E-state index in [4.69, 9.17) is 9.47 Å². The Kier molecular flexibility index (Phi) is 4.38. The molecule has 2 heterocycles. The van der Waals surface area contributed by atoms with Crippen molar-refractivity contribution in [1.82, 2.24) is 19.7 Å². The number of aliphatic hydroxyl groups is 1. The molecule has 0 aliphatic carbocycles. The molecule has 2 aromatic heterocycles. The Bertz CT molecular complexity index is 802. The standard InChI is InChI=1S/C16H18N4O3/c1-22-15-7-12-13(3-6-21)19-20(14(12)8-16(15)23-2)10-11-9-17-4-5-18-11/h4-5,7-9,21H,3,6,10H2,1-2H3. The van der Waals surface area contributed by atoms with Crippen LogP contribution in [0.15, 0.2) is 30.7 Å². The van der Waals surface area contributed by atoms with Crippen molar-refractivity contribution in [1.29, 1.82) is 0 Å². The highest BCUT2D eigenvalue weighted by atomic mass is 16.5. The summed E-state index contributed by atoms with van der Waals surface area (Å²) in [4.78, 5) is 8.36. The van der Waals surface area contributed by atoms with Crippen molar-refractivity contribution in [3.63, 3.8) is 0 Å². The summed E-state index contributed by atoms with van der Waals surface area (Å²) in [6.45, 7) is 0.525. The Morgan fingerprint density at radius 1 is 1.13 bits per heavy atom. The van der Waals surface area contributed by atoms with Gasteiger partial charge in [-0.05, 0) is 6.07 Å². The molecular formula is C16H18N4O3. The van der Waals surface area contributed by atoms with Gasteiger partial charge in [0.2, 0.25) is 0 Å². The molecule has 7 heteroatoms. The Balaban J connectivity index is 2.13. The van der Waals surface area contributed by atoms with Gasteiger partial charge in [-0.15, -0.1) is 0 Å². The lowest BCUT2D eigenvalue weighted by Gasteiger charge is -2.09. The number of fused-ring (bicyclic) bond motifs is 1. The van der Waals surface area contributed by atoms with Crippen molar-refractivity contribution in [2.24, 2.45) is 0 Å². The first kappa shape index (κ1) is 15.2. The normalized spacial score (nSPS) is 10.9. The van der Waals surface area contributed by atoms with Gasteiger partial charge in [-0.1, -0.05) is 0 Å². The Morgan fingerprint density at radius 3 is 2.57 bits per heavy atom. The maximum atomic E-state index is 9.28. The lowest BCUT2D eigenvalue weighted by molar-refractivity contribution is 0.298. The predicted octanol–water partition coefficient (Wildman–Crippen LogP) is 1.43. The van der Waals surface area contributed by atoms with E-state index in [-0.39, 0.29) is 6.61 Å². The van der Waals surface area contributed by atoms with E-state index in [1.54, 1.807) is 32.8 Å². The van der Waals surface area contributed by atoms with Gasteiger partial charge in [0.25, 0.3) is 0 Å². The summed E-state index contributed by atoms with van der Waals surface area (Å²) in [5, 5.41) is 14.8. The fraction of sp³-hybridized carbons (Fsp3) is 0.312. The van der Waals surface area contributed by atoms with E-state index in [9.17, 15) is 5.11 Å². The van der Waals surface area contributed by atoms with Crippen LogP contribution >= 0.6 is 0 Å². The minimum absolute atomic E-state index is 0.0333. The molecule has 0 spiro atoms. The van der Waals surface area contributed by atoms with Gasteiger partial charge in [0, 0.05) is 36.9 Å². The third-order valence-corrected chi connectivity index (χ3v) is 3.61. The van der Waals surface area contributed by atoms with E-state index < -0.39 is 0 Å². The van der Waals surface area contributed by atoms with Crippen LogP contribution in [0.4, 0.5) is 0 Å². The zero-order valence-corrected chi connectivity index (χ0v) is 13.1. The molecule has 0 radical (unpaired) electrons. The third kappa shape index (κ3) is 2.95. The van der Waals surface area contributed by atoms with Crippen molar-refractivity contribution >= 4 is 10.9 Å². The monoisotopic (exact) mass is 314 g/mol. The summed E-state index contributed by atoms with van der Waals surface area (Å²) in [5.74, 6) is 1.27. The van der Waals surface area contributed by atoms with Gasteiger partial charge >= 0.3 is 0 Å². The minimum Gasteiger partial charge on any atom is -0.493 e. The Morgan fingerprint density at radius 2 is 1.91 bits per heavy atom. The Hall–Kier alpha value is -2.67. The number of ether oxygens (including phenoxy) is 2. The second-order valence-electron chi connectivity index (χ2n) is 5.00. The molecule has 0 saturated heterocycles. The van der Waals surface area contributed by atoms with Crippen LogP contribution in [-0.4, -0.2) is 45.7 Å². The molecule has 0 bridgehead atoms. The van der Waals surface area contributed by atoms with Crippen molar-refractivity contribution in [3.8, 4) is 11.5 Å². The molecular weight excluding hydrogens is 296 g/mol. The number of aliphatic hydroxyl groups excluding tert-OH is 1. The smallest absolute Gasteiger partial charge is 0.162 e. The summed E-state index contributed by atoms with van der Waals surface area (Å²) in [5.41, 5.74) is 2.52. The third-order valence-electron chi connectivity index (χ3n) is 3.61. The van der Waals surface area contributed by atoms with Crippen LogP contribution < -0.4 is 9.47 Å². The quantitative estimate of drug-likeness (QED) is 0.741. The molecule has 1 aromatic carbocycles. The number of hydrogen-bond donors (Lipinski definition) is 1. The largest absolute Gasteiger partial charge is 0.493 e.